The normalized spacial score (nSPS) is 11.2. The average molecular weight is 617 g/mol. The molecule has 2 aromatic rings. The SMILES string of the molecule is O=C(O)COCC(=O)NCCOCCOCCOCCOCCOC(=O)c1ccccc1Nc1cccc(C(F)(F)F)c1. The van der Waals surface area contributed by atoms with Crippen molar-refractivity contribution in [1.82, 2.24) is 5.32 Å². The number of carboxylic acid groups (broad SMARTS) is 1. The van der Waals surface area contributed by atoms with Crippen LogP contribution in [0.15, 0.2) is 48.5 Å². The van der Waals surface area contributed by atoms with Crippen molar-refractivity contribution in [1.29, 1.82) is 0 Å². The van der Waals surface area contributed by atoms with Gasteiger partial charge >= 0.3 is 18.1 Å². The molecule has 1 amide bonds. The summed E-state index contributed by atoms with van der Waals surface area (Å²) in [6.07, 6.45) is -4.49. The van der Waals surface area contributed by atoms with Gasteiger partial charge in [-0.2, -0.15) is 13.2 Å². The maximum absolute atomic E-state index is 13.0. The van der Waals surface area contributed by atoms with Crippen molar-refractivity contribution in [3.63, 3.8) is 0 Å². The Morgan fingerprint density at radius 2 is 1.33 bits per heavy atom. The smallest absolute Gasteiger partial charge is 0.416 e. The number of anilines is 2. The minimum atomic E-state index is -4.49. The van der Waals surface area contributed by atoms with Crippen LogP contribution in [0.5, 0.6) is 0 Å². The van der Waals surface area contributed by atoms with Crippen molar-refractivity contribution in [3.05, 3.63) is 59.7 Å². The highest BCUT2D eigenvalue weighted by molar-refractivity contribution is 5.96. The quantitative estimate of drug-likeness (QED) is 0.132. The third-order valence-electron chi connectivity index (χ3n) is 5.22. The molecule has 0 radical (unpaired) electrons. The van der Waals surface area contributed by atoms with Crippen LogP contribution in [0, 0.1) is 0 Å². The molecule has 3 N–H and O–H groups in total. The minimum Gasteiger partial charge on any atom is -0.480 e. The summed E-state index contributed by atoms with van der Waals surface area (Å²) in [6.45, 7) is 1.64. The van der Waals surface area contributed by atoms with Gasteiger partial charge in [0.15, 0.2) is 0 Å². The molecular formula is C28H35F3N2O10. The predicted octanol–water partition coefficient (Wildman–Crippen LogP) is 2.89. The van der Waals surface area contributed by atoms with Crippen molar-refractivity contribution in [2.24, 2.45) is 0 Å². The number of carbonyl (C=O) groups excluding carboxylic acids is 2. The second-order valence-electron chi connectivity index (χ2n) is 8.57. The van der Waals surface area contributed by atoms with Crippen LogP contribution in [0.2, 0.25) is 0 Å². The summed E-state index contributed by atoms with van der Waals surface area (Å²) < 4.78 is 70.2. The Morgan fingerprint density at radius 1 is 0.721 bits per heavy atom. The molecule has 0 aliphatic carbocycles. The Kier molecular flexibility index (Phi) is 16.6. The lowest BCUT2D eigenvalue weighted by Crippen LogP contribution is -2.31. The monoisotopic (exact) mass is 616 g/mol. The number of ether oxygens (including phenoxy) is 6. The summed E-state index contributed by atoms with van der Waals surface area (Å²) >= 11 is 0. The van der Waals surface area contributed by atoms with E-state index in [0.29, 0.717) is 38.7 Å². The highest BCUT2D eigenvalue weighted by atomic mass is 19.4. The number of esters is 1. The number of halogens is 3. The predicted molar refractivity (Wildman–Crippen MR) is 146 cm³/mol. The van der Waals surface area contributed by atoms with E-state index in [9.17, 15) is 27.6 Å². The summed E-state index contributed by atoms with van der Waals surface area (Å²) in [5.74, 6) is -2.23. The molecule has 0 aromatic heterocycles. The summed E-state index contributed by atoms with van der Waals surface area (Å²) in [4.78, 5) is 34.1. The zero-order chi connectivity index (χ0) is 31.3. The second-order valence-corrected chi connectivity index (χ2v) is 8.57. The van der Waals surface area contributed by atoms with Crippen molar-refractivity contribution >= 4 is 29.2 Å². The van der Waals surface area contributed by atoms with Crippen molar-refractivity contribution in [2.45, 2.75) is 6.18 Å². The van der Waals surface area contributed by atoms with Gasteiger partial charge in [0.05, 0.1) is 69.7 Å². The lowest BCUT2D eigenvalue weighted by molar-refractivity contribution is -0.143. The maximum Gasteiger partial charge on any atom is 0.416 e. The summed E-state index contributed by atoms with van der Waals surface area (Å²) in [6, 6.07) is 11.0. The van der Waals surface area contributed by atoms with Crippen LogP contribution in [0.3, 0.4) is 0 Å². The van der Waals surface area contributed by atoms with Crippen molar-refractivity contribution in [2.75, 3.05) is 84.5 Å². The largest absolute Gasteiger partial charge is 0.480 e. The van der Waals surface area contributed by atoms with Crippen molar-refractivity contribution in [3.8, 4) is 0 Å². The van der Waals surface area contributed by atoms with Crippen LogP contribution in [-0.2, 0) is 44.2 Å². The van der Waals surface area contributed by atoms with Crippen LogP contribution in [0.25, 0.3) is 0 Å². The number of benzene rings is 2. The molecule has 0 fully saturated rings. The lowest BCUT2D eigenvalue weighted by Gasteiger charge is -2.13. The number of hydrogen-bond donors (Lipinski definition) is 3. The van der Waals surface area contributed by atoms with Crippen molar-refractivity contribution < 1.29 is 61.1 Å². The average Bonchev–Trinajstić information content (AvgIpc) is 2.96. The van der Waals surface area contributed by atoms with Gasteiger partial charge in [0.25, 0.3) is 0 Å². The fourth-order valence-electron chi connectivity index (χ4n) is 3.28. The molecule has 0 spiro atoms. The number of carbonyl (C=O) groups is 3. The van der Waals surface area contributed by atoms with Gasteiger partial charge in [-0.1, -0.05) is 18.2 Å². The molecule has 15 heteroatoms. The number of carboxylic acids is 1. The number of alkyl halides is 3. The number of rotatable bonds is 22. The molecule has 0 atom stereocenters. The molecule has 0 saturated carbocycles. The molecule has 0 bridgehead atoms. The van der Waals surface area contributed by atoms with Gasteiger partial charge in [0, 0.05) is 12.2 Å². The molecule has 43 heavy (non-hydrogen) atoms. The molecule has 238 valence electrons. The van der Waals surface area contributed by atoms with Gasteiger partial charge in [0.2, 0.25) is 5.91 Å². The van der Waals surface area contributed by atoms with Gasteiger partial charge < -0.3 is 44.2 Å². The van der Waals surface area contributed by atoms with E-state index in [1.54, 1.807) is 18.2 Å². The fraction of sp³-hybridized carbons (Fsp3) is 0.464. The molecular weight excluding hydrogens is 581 g/mol. The van der Waals surface area contributed by atoms with Crippen LogP contribution < -0.4 is 10.6 Å². The van der Waals surface area contributed by atoms with E-state index in [1.807, 2.05) is 0 Å². The van der Waals surface area contributed by atoms with E-state index < -0.39 is 36.2 Å². The van der Waals surface area contributed by atoms with E-state index in [0.717, 1.165) is 12.1 Å². The first kappa shape index (κ1) is 35.4. The summed E-state index contributed by atoms with van der Waals surface area (Å²) in [5, 5.41) is 13.8. The van der Waals surface area contributed by atoms with E-state index >= 15 is 0 Å². The maximum atomic E-state index is 13.0. The lowest BCUT2D eigenvalue weighted by atomic mass is 10.1. The molecule has 12 nitrogen and oxygen atoms in total. The standard InChI is InChI=1S/C28H35F3N2O10/c29-28(30,31)21-4-3-5-22(18-21)33-24-7-2-1-6-23(24)27(37)43-17-16-41-15-14-40-13-12-39-11-10-38-9-8-32-25(34)19-42-20-26(35)36/h1-7,18,33H,8-17,19-20H2,(H,32,34)(H,35,36). The highest BCUT2D eigenvalue weighted by Crippen LogP contribution is 2.32. The number of hydrogen-bond acceptors (Lipinski definition) is 10. The number of aliphatic carboxylic acids is 1. The Hall–Kier alpha value is -3.76. The summed E-state index contributed by atoms with van der Waals surface area (Å²) in [7, 11) is 0. The Balaban J connectivity index is 1.47. The zero-order valence-corrected chi connectivity index (χ0v) is 23.4. The van der Waals surface area contributed by atoms with Gasteiger partial charge in [-0.25, -0.2) is 9.59 Å². The zero-order valence-electron chi connectivity index (χ0n) is 23.4. The first-order chi connectivity index (χ1) is 20.7. The number of para-hydroxylation sites is 1. The topological polar surface area (TPSA) is 151 Å². The Bertz CT molecular complexity index is 1130. The molecule has 0 aliphatic rings. The van der Waals surface area contributed by atoms with Gasteiger partial charge in [-0.05, 0) is 30.3 Å². The molecule has 0 saturated heterocycles. The Labute approximate surface area is 246 Å². The molecule has 0 unspecified atom stereocenters. The van der Waals surface area contributed by atoms with Crippen LogP contribution in [-0.4, -0.2) is 102 Å². The number of amides is 1. The third-order valence-corrected chi connectivity index (χ3v) is 5.22. The molecule has 2 aromatic carbocycles. The van der Waals surface area contributed by atoms with Gasteiger partial charge in [-0.3, -0.25) is 4.79 Å². The van der Waals surface area contributed by atoms with Crippen LogP contribution >= 0.6 is 0 Å². The summed E-state index contributed by atoms with van der Waals surface area (Å²) in [5.41, 5.74) is -0.154. The first-order valence-electron chi connectivity index (χ1n) is 13.2. The molecule has 0 aliphatic heterocycles. The molecule has 2 rings (SSSR count). The van der Waals surface area contributed by atoms with E-state index in [2.05, 4.69) is 15.4 Å². The van der Waals surface area contributed by atoms with E-state index in [-0.39, 0.29) is 50.8 Å². The minimum absolute atomic E-state index is 0.0258. The highest BCUT2D eigenvalue weighted by Gasteiger charge is 2.30. The van der Waals surface area contributed by atoms with E-state index in [4.69, 9.17) is 28.8 Å². The molecule has 0 heterocycles. The van der Waals surface area contributed by atoms with Gasteiger partial charge in [0.1, 0.15) is 19.8 Å². The third kappa shape index (κ3) is 15.9. The Morgan fingerprint density at radius 3 is 1.95 bits per heavy atom. The van der Waals surface area contributed by atoms with Crippen LogP contribution in [0.4, 0.5) is 24.5 Å². The first-order valence-corrected chi connectivity index (χ1v) is 13.2. The fourth-order valence-corrected chi connectivity index (χ4v) is 3.28. The van der Waals surface area contributed by atoms with E-state index in [1.165, 1.54) is 18.2 Å². The second kappa shape index (κ2) is 20.2. The number of nitrogens with one attached hydrogen (secondary N) is 2. The van der Waals surface area contributed by atoms with Crippen LogP contribution in [0.1, 0.15) is 15.9 Å². The van der Waals surface area contributed by atoms with Gasteiger partial charge in [-0.15, -0.1) is 0 Å².